The van der Waals surface area contributed by atoms with Crippen molar-refractivity contribution in [2.75, 3.05) is 29.9 Å². The van der Waals surface area contributed by atoms with Crippen LogP contribution in [0.15, 0.2) is 6.20 Å². The van der Waals surface area contributed by atoms with E-state index in [9.17, 15) is 13.2 Å². The second-order valence-electron chi connectivity index (χ2n) is 5.47. The third-order valence-electron chi connectivity index (χ3n) is 3.77. The summed E-state index contributed by atoms with van der Waals surface area (Å²) in [6.07, 6.45) is 2.36. The van der Waals surface area contributed by atoms with Gasteiger partial charge < -0.3 is 5.32 Å². The van der Waals surface area contributed by atoms with Gasteiger partial charge in [-0.15, -0.1) is 0 Å². The Morgan fingerprint density at radius 1 is 1.57 bits per heavy atom. The minimum absolute atomic E-state index is 0.0549. The van der Waals surface area contributed by atoms with E-state index in [2.05, 4.69) is 10.4 Å². The molecular weight excluding hydrogens is 292 g/mol. The molecule has 1 aliphatic rings. The van der Waals surface area contributed by atoms with E-state index in [-0.39, 0.29) is 30.0 Å². The van der Waals surface area contributed by atoms with Gasteiger partial charge in [-0.25, -0.2) is 8.42 Å². The number of anilines is 1. The van der Waals surface area contributed by atoms with Crippen LogP contribution in [0.3, 0.4) is 0 Å². The Morgan fingerprint density at radius 2 is 2.29 bits per heavy atom. The van der Waals surface area contributed by atoms with E-state index in [1.165, 1.54) is 0 Å². The quantitative estimate of drug-likeness (QED) is 0.838. The fourth-order valence-electron chi connectivity index (χ4n) is 2.66. The Hall–Kier alpha value is -1.41. The van der Waals surface area contributed by atoms with Crippen molar-refractivity contribution in [1.29, 1.82) is 0 Å². The Bertz CT molecular complexity index is 623. The zero-order chi connectivity index (χ0) is 15.6. The maximum absolute atomic E-state index is 12.1. The summed E-state index contributed by atoms with van der Waals surface area (Å²) in [5.74, 6) is 0.231. The lowest BCUT2D eigenvalue weighted by atomic mass is 10.2. The standard InChI is InChI=1S/C13H22N4O3S/c1-4-17(11-5-6-21(19,20)9-11)8-13(18)14-12-7-16(3)15-10(12)2/h7,11H,4-6,8-9H2,1-3H3,(H,14,18)/t11-/m1/s1. The molecule has 0 unspecified atom stereocenters. The highest BCUT2D eigenvalue weighted by Crippen LogP contribution is 2.18. The fourth-order valence-corrected chi connectivity index (χ4v) is 4.42. The Morgan fingerprint density at radius 3 is 2.76 bits per heavy atom. The average Bonchev–Trinajstić information content (AvgIpc) is 2.89. The van der Waals surface area contributed by atoms with Crippen molar-refractivity contribution in [3.05, 3.63) is 11.9 Å². The van der Waals surface area contributed by atoms with Crippen LogP contribution in [0.5, 0.6) is 0 Å². The van der Waals surface area contributed by atoms with Crippen LogP contribution in [-0.2, 0) is 21.7 Å². The van der Waals surface area contributed by atoms with Gasteiger partial charge in [0.1, 0.15) is 0 Å². The van der Waals surface area contributed by atoms with Crippen LogP contribution in [-0.4, -0.2) is 59.6 Å². The number of carbonyl (C=O) groups excluding carboxylic acids is 1. The van der Waals surface area contributed by atoms with Crippen LogP contribution < -0.4 is 5.32 Å². The number of rotatable bonds is 5. The van der Waals surface area contributed by atoms with Gasteiger partial charge in [0.25, 0.3) is 0 Å². The molecule has 1 aromatic heterocycles. The maximum atomic E-state index is 12.1. The smallest absolute Gasteiger partial charge is 0.238 e. The first-order valence-electron chi connectivity index (χ1n) is 7.05. The molecule has 1 aromatic rings. The van der Waals surface area contributed by atoms with Gasteiger partial charge >= 0.3 is 0 Å². The molecule has 2 rings (SSSR count). The number of carbonyl (C=O) groups is 1. The third-order valence-corrected chi connectivity index (χ3v) is 5.52. The molecule has 118 valence electrons. The van der Waals surface area contributed by atoms with Crippen molar-refractivity contribution < 1.29 is 13.2 Å². The molecule has 0 bridgehead atoms. The van der Waals surface area contributed by atoms with Crippen molar-refractivity contribution in [3.63, 3.8) is 0 Å². The fraction of sp³-hybridized carbons (Fsp3) is 0.692. The summed E-state index contributed by atoms with van der Waals surface area (Å²) in [6.45, 7) is 4.62. The SMILES string of the molecule is CCN(CC(=O)Nc1cn(C)nc1C)[C@@H]1CCS(=O)(=O)C1. The predicted molar refractivity (Wildman–Crippen MR) is 80.9 cm³/mol. The first-order chi connectivity index (χ1) is 9.80. The van der Waals surface area contributed by atoms with Crippen molar-refractivity contribution in [2.24, 2.45) is 7.05 Å². The summed E-state index contributed by atoms with van der Waals surface area (Å²) in [6, 6.07) is -0.0549. The molecule has 0 radical (unpaired) electrons. The summed E-state index contributed by atoms with van der Waals surface area (Å²) in [5.41, 5.74) is 1.45. The first-order valence-corrected chi connectivity index (χ1v) is 8.87. The van der Waals surface area contributed by atoms with Crippen LogP contribution in [0.25, 0.3) is 0 Å². The van der Waals surface area contributed by atoms with E-state index < -0.39 is 9.84 Å². The topological polar surface area (TPSA) is 84.3 Å². The number of sulfone groups is 1. The number of hydrogen-bond acceptors (Lipinski definition) is 5. The largest absolute Gasteiger partial charge is 0.322 e. The monoisotopic (exact) mass is 314 g/mol. The van der Waals surface area contributed by atoms with Crippen LogP contribution in [0.1, 0.15) is 19.0 Å². The normalized spacial score (nSPS) is 20.9. The van der Waals surface area contributed by atoms with Gasteiger partial charge in [-0.1, -0.05) is 6.92 Å². The number of nitrogens with zero attached hydrogens (tertiary/aromatic N) is 3. The van der Waals surface area contributed by atoms with Crippen LogP contribution in [0.4, 0.5) is 5.69 Å². The van der Waals surface area contributed by atoms with Gasteiger partial charge in [-0.05, 0) is 19.9 Å². The summed E-state index contributed by atoms with van der Waals surface area (Å²) in [7, 11) is -1.14. The number of likely N-dealkylation sites (N-methyl/N-ethyl adjacent to an activating group) is 1. The van der Waals surface area contributed by atoms with Crippen LogP contribution in [0.2, 0.25) is 0 Å². The lowest BCUT2D eigenvalue weighted by Crippen LogP contribution is -2.41. The molecule has 7 nitrogen and oxygen atoms in total. The van der Waals surface area contributed by atoms with Crippen molar-refractivity contribution >= 4 is 21.4 Å². The zero-order valence-corrected chi connectivity index (χ0v) is 13.5. The van der Waals surface area contributed by atoms with Gasteiger partial charge in [0.2, 0.25) is 5.91 Å². The third kappa shape index (κ3) is 4.04. The zero-order valence-electron chi connectivity index (χ0n) is 12.7. The van der Waals surface area contributed by atoms with Gasteiger partial charge in [0, 0.05) is 19.3 Å². The number of aryl methyl sites for hydroxylation is 2. The first kappa shape index (κ1) is 16.0. The molecule has 1 aliphatic heterocycles. The van der Waals surface area contributed by atoms with E-state index >= 15 is 0 Å². The molecule has 0 aromatic carbocycles. The molecule has 21 heavy (non-hydrogen) atoms. The Kier molecular flexibility index (Phi) is 4.67. The number of amides is 1. The predicted octanol–water partition coefficient (Wildman–Crippen LogP) is 0.176. The van der Waals surface area contributed by atoms with Gasteiger partial charge in [0.15, 0.2) is 9.84 Å². The molecule has 2 heterocycles. The lowest BCUT2D eigenvalue weighted by Gasteiger charge is -2.25. The van der Waals surface area contributed by atoms with Gasteiger partial charge in [-0.2, -0.15) is 5.10 Å². The number of aromatic nitrogens is 2. The lowest BCUT2D eigenvalue weighted by molar-refractivity contribution is -0.117. The van der Waals surface area contributed by atoms with E-state index in [0.717, 1.165) is 5.69 Å². The van der Waals surface area contributed by atoms with Crippen molar-refractivity contribution in [2.45, 2.75) is 26.3 Å². The second-order valence-corrected chi connectivity index (χ2v) is 7.70. The molecule has 1 N–H and O–H groups in total. The second kappa shape index (κ2) is 6.15. The molecule has 1 saturated heterocycles. The molecule has 1 amide bonds. The molecule has 0 spiro atoms. The average molecular weight is 314 g/mol. The maximum Gasteiger partial charge on any atom is 0.238 e. The molecule has 1 atom stereocenters. The Labute approximate surface area is 125 Å². The van der Waals surface area contributed by atoms with E-state index in [0.29, 0.717) is 18.7 Å². The van der Waals surface area contributed by atoms with E-state index in [4.69, 9.17) is 0 Å². The van der Waals surface area contributed by atoms with E-state index in [1.54, 1.807) is 17.9 Å². The summed E-state index contributed by atoms with van der Waals surface area (Å²) >= 11 is 0. The highest BCUT2D eigenvalue weighted by atomic mass is 32.2. The van der Waals surface area contributed by atoms with Gasteiger partial charge in [-0.3, -0.25) is 14.4 Å². The molecule has 0 saturated carbocycles. The molecular formula is C13H22N4O3S. The molecule has 8 heteroatoms. The Balaban J connectivity index is 1.96. The number of hydrogen-bond donors (Lipinski definition) is 1. The summed E-state index contributed by atoms with van der Waals surface area (Å²) in [4.78, 5) is 14.0. The van der Waals surface area contributed by atoms with Crippen LogP contribution >= 0.6 is 0 Å². The van der Waals surface area contributed by atoms with Gasteiger partial charge in [0.05, 0.1) is 29.4 Å². The summed E-state index contributed by atoms with van der Waals surface area (Å²) in [5, 5.41) is 7.00. The highest BCUT2D eigenvalue weighted by Gasteiger charge is 2.32. The number of nitrogens with one attached hydrogen (secondary N) is 1. The van der Waals surface area contributed by atoms with Crippen molar-refractivity contribution in [3.8, 4) is 0 Å². The minimum Gasteiger partial charge on any atom is -0.322 e. The van der Waals surface area contributed by atoms with Crippen molar-refractivity contribution in [1.82, 2.24) is 14.7 Å². The highest BCUT2D eigenvalue weighted by molar-refractivity contribution is 7.91. The summed E-state index contributed by atoms with van der Waals surface area (Å²) < 4.78 is 24.7. The molecule has 1 fully saturated rings. The van der Waals surface area contributed by atoms with E-state index in [1.807, 2.05) is 18.7 Å². The van der Waals surface area contributed by atoms with Crippen LogP contribution in [0, 0.1) is 6.92 Å². The minimum atomic E-state index is -2.94. The molecule has 0 aliphatic carbocycles.